The molecule has 2 aromatic rings. The molecule has 1 atom stereocenters. The molecular formula is C19H24N2O3. The van der Waals surface area contributed by atoms with Crippen LogP contribution in [0.4, 0.5) is 0 Å². The summed E-state index contributed by atoms with van der Waals surface area (Å²) in [7, 11) is 1.95. The summed E-state index contributed by atoms with van der Waals surface area (Å²) in [6.07, 6.45) is 1.24. The highest BCUT2D eigenvalue weighted by Gasteiger charge is 2.15. The highest BCUT2D eigenvalue weighted by atomic mass is 16.3. The summed E-state index contributed by atoms with van der Waals surface area (Å²) in [6.45, 7) is 1.30. The van der Waals surface area contributed by atoms with Gasteiger partial charge in [0.1, 0.15) is 5.75 Å². The van der Waals surface area contributed by atoms with E-state index < -0.39 is 12.0 Å². The van der Waals surface area contributed by atoms with Crippen LogP contribution < -0.4 is 5.73 Å². The van der Waals surface area contributed by atoms with E-state index in [0.29, 0.717) is 12.1 Å². The van der Waals surface area contributed by atoms with Crippen LogP contribution in [0.25, 0.3) is 0 Å². The van der Waals surface area contributed by atoms with E-state index in [0.717, 1.165) is 19.4 Å². The van der Waals surface area contributed by atoms with Gasteiger partial charge < -0.3 is 20.8 Å². The smallest absolute Gasteiger partial charge is 0.252 e. The Morgan fingerprint density at radius 3 is 2.58 bits per heavy atom. The molecule has 1 amide bonds. The molecule has 0 fully saturated rings. The van der Waals surface area contributed by atoms with Crippen molar-refractivity contribution in [3.8, 4) is 5.75 Å². The largest absolute Gasteiger partial charge is 0.507 e. The van der Waals surface area contributed by atoms with Crippen molar-refractivity contribution in [2.45, 2.75) is 18.9 Å². The number of hydrogen-bond donors (Lipinski definition) is 3. The Balaban J connectivity index is 1.86. The van der Waals surface area contributed by atoms with Crippen LogP contribution in [0.15, 0.2) is 48.5 Å². The van der Waals surface area contributed by atoms with E-state index in [9.17, 15) is 15.0 Å². The maximum absolute atomic E-state index is 11.3. The second kappa shape index (κ2) is 8.47. The molecule has 0 saturated heterocycles. The molecule has 4 N–H and O–H groups in total. The van der Waals surface area contributed by atoms with Crippen LogP contribution in [0.3, 0.4) is 0 Å². The molecule has 0 aliphatic carbocycles. The molecule has 0 heterocycles. The third-order valence-corrected chi connectivity index (χ3v) is 4.00. The molecule has 5 heteroatoms. The van der Waals surface area contributed by atoms with Crippen molar-refractivity contribution in [3.63, 3.8) is 0 Å². The zero-order valence-corrected chi connectivity index (χ0v) is 13.9. The molecule has 1 unspecified atom stereocenters. The number of hydrogen-bond acceptors (Lipinski definition) is 4. The van der Waals surface area contributed by atoms with Gasteiger partial charge in [-0.3, -0.25) is 4.79 Å². The minimum atomic E-state index is -0.745. The minimum Gasteiger partial charge on any atom is -0.507 e. The molecule has 0 aromatic heterocycles. The molecule has 24 heavy (non-hydrogen) atoms. The van der Waals surface area contributed by atoms with Gasteiger partial charge in [-0.25, -0.2) is 0 Å². The summed E-state index contributed by atoms with van der Waals surface area (Å²) in [5.74, 6) is -0.882. The average molecular weight is 328 g/mol. The molecule has 0 bridgehead atoms. The number of aryl methyl sites for hydroxylation is 1. The van der Waals surface area contributed by atoms with E-state index in [1.165, 1.54) is 17.7 Å². The summed E-state index contributed by atoms with van der Waals surface area (Å²) >= 11 is 0. The Morgan fingerprint density at radius 1 is 1.21 bits per heavy atom. The van der Waals surface area contributed by atoms with Crippen molar-refractivity contribution in [1.29, 1.82) is 0 Å². The number of aliphatic hydroxyl groups excluding tert-OH is 1. The maximum Gasteiger partial charge on any atom is 0.252 e. The van der Waals surface area contributed by atoms with Crippen LogP contribution in [-0.2, 0) is 6.42 Å². The number of benzene rings is 2. The predicted octanol–water partition coefficient (Wildman–Crippen LogP) is 2.09. The maximum atomic E-state index is 11.3. The average Bonchev–Trinajstić information content (AvgIpc) is 2.55. The Hall–Kier alpha value is -2.37. The topological polar surface area (TPSA) is 86.8 Å². The lowest BCUT2D eigenvalue weighted by Gasteiger charge is -2.21. The number of carbonyl (C=O) groups excluding carboxylic acids is 1. The number of nitrogens with zero attached hydrogens (tertiary/aromatic N) is 1. The molecule has 0 aliphatic rings. The fourth-order valence-electron chi connectivity index (χ4n) is 2.65. The van der Waals surface area contributed by atoms with Gasteiger partial charge in [0.05, 0.1) is 11.7 Å². The molecular weight excluding hydrogens is 304 g/mol. The zero-order chi connectivity index (χ0) is 17.5. The molecule has 0 spiro atoms. The Bertz CT molecular complexity index is 674. The summed E-state index contributed by atoms with van der Waals surface area (Å²) in [5.41, 5.74) is 7.11. The summed E-state index contributed by atoms with van der Waals surface area (Å²) < 4.78 is 0. The molecule has 0 aliphatic heterocycles. The first-order valence-electron chi connectivity index (χ1n) is 8.00. The van der Waals surface area contributed by atoms with Gasteiger partial charge in [-0.2, -0.15) is 0 Å². The van der Waals surface area contributed by atoms with E-state index in [2.05, 4.69) is 12.1 Å². The number of aliphatic hydroxyl groups is 1. The number of amides is 1. The van der Waals surface area contributed by atoms with Gasteiger partial charge in [0.25, 0.3) is 5.91 Å². The van der Waals surface area contributed by atoms with Crippen LogP contribution in [0.2, 0.25) is 0 Å². The third-order valence-electron chi connectivity index (χ3n) is 4.00. The SMILES string of the molecule is CN(CCCc1ccccc1)CC(O)c1ccc(O)c(C(N)=O)c1. The quantitative estimate of drug-likeness (QED) is 0.692. The fraction of sp³-hybridized carbons (Fsp3) is 0.316. The van der Waals surface area contributed by atoms with Gasteiger partial charge in [0.15, 0.2) is 0 Å². The number of carbonyl (C=O) groups is 1. The lowest BCUT2D eigenvalue weighted by atomic mass is 10.0. The molecule has 0 radical (unpaired) electrons. The number of nitrogens with two attached hydrogens (primary N) is 1. The van der Waals surface area contributed by atoms with Gasteiger partial charge in [0, 0.05) is 6.54 Å². The number of phenols is 1. The highest BCUT2D eigenvalue weighted by molar-refractivity contribution is 5.95. The van der Waals surface area contributed by atoms with Gasteiger partial charge in [0.2, 0.25) is 0 Å². The lowest BCUT2D eigenvalue weighted by Crippen LogP contribution is -2.26. The van der Waals surface area contributed by atoms with E-state index >= 15 is 0 Å². The van der Waals surface area contributed by atoms with Crippen molar-refractivity contribution < 1.29 is 15.0 Å². The lowest BCUT2D eigenvalue weighted by molar-refractivity contribution is 0.0997. The van der Waals surface area contributed by atoms with Crippen LogP contribution in [0, 0.1) is 0 Å². The summed E-state index contributed by atoms with van der Waals surface area (Å²) in [6, 6.07) is 14.7. The monoisotopic (exact) mass is 328 g/mol. The van der Waals surface area contributed by atoms with E-state index in [4.69, 9.17) is 5.73 Å². The van der Waals surface area contributed by atoms with Gasteiger partial charge in [-0.15, -0.1) is 0 Å². The van der Waals surface area contributed by atoms with Crippen molar-refractivity contribution in [2.75, 3.05) is 20.1 Å². The van der Waals surface area contributed by atoms with Crippen molar-refractivity contribution in [3.05, 3.63) is 65.2 Å². The number of primary amides is 1. The normalized spacial score (nSPS) is 12.3. The van der Waals surface area contributed by atoms with Crippen molar-refractivity contribution >= 4 is 5.91 Å². The Morgan fingerprint density at radius 2 is 1.92 bits per heavy atom. The highest BCUT2D eigenvalue weighted by Crippen LogP contribution is 2.22. The summed E-state index contributed by atoms with van der Waals surface area (Å²) in [5, 5.41) is 19.9. The van der Waals surface area contributed by atoms with Crippen molar-refractivity contribution in [1.82, 2.24) is 4.90 Å². The second-order valence-corrected chi connectivity index (χ2v) is 6.01. The number of aromatic hydroxyl groups is 1. The first kappa shape index (κ1) is 18.0. The molecule has 2 aromatic carbocycles. The van der Waals surface area contributed by atoms with Crippen LogP contribution >= 0.6 is 0 Å². The Kier molecular flexibility index (Phi) is 6.35. The van der Waals surface area contributed by atoms with Gasteiger partial charge >= 0.3 is 0 Å². The molecule has 0 saturated carbocycles. The summed E-state index contributed by atoms with van der Waals surface area (Å²) in [4.78, 5) is 13.3. The first-order chi connectivity index (χ1) is 11.5. The van der Waals surface area contributed by atoms with Gasteiger partial charge in [-0.1, -0.05) is 36.4 Å². The van der Waals surface area contributed by atoms with E-state index in [1.54, 1.807) is 6.07 Å². The zero-order valence-electron chi connectivity index (χ0n) is 13.9. The minimum absolute atomic E-state index is 0.0262. The van der Waals surface area contributed by atoms with Crippen molar-refractivity contribution in [2.24, 2.45) is 5.73 Å². The molecule has 128 valence electrons. The van der Waals surface area contributed by atoms with Gasteiger partial charge in [-0.05, 0) is 49.7 Å². The second-order valence-electron chi connectivity index (χ2n) is 6.01. The van der Waals surface area contributed by atoms with Crippen LogP contribution in [0.5, 0.6) is 5.75 Å². The number of rotatable bonds is 8. The Labute approximate surface area is 142 Å². The van der Waals surface area contributed by atoms with Crippen LogP contribution in [-0.4, -0.2) is 41.2 Å². The van der Waals surface area contributed by atoms with E-state index in [1.807, 2.05) is 30.1 Å². The predicted molar refractivity (Wildman–Crippen MR) is 93.8 cm³/mol. The van der Waals surface area contributed by atoms with Crippen LogP contribution in [0.1, 0.15) is 34.0 Å². The fourth-order valence-corrected chi connectivity index (χ4v) is 2.65. The number of likely N-dealkylation sites (N-methyl/N-ethyl adjacent to an activating group) is 1. The standard InChI is InChI=1S/C19H24N2O3/c1-21(11-5-8-14-6-3-2-4-7-14)13-18(23)15-9-10-17(22)16(12-15)19(20)24/h2-4,6-7,9-10,12,18,22-23H,5,8,11,13H2,1H3,(H2,20,24). The molecule has 5 nitrogen and oxygen atoms in total. The third kappa shape index (κ3) is 5.08. The van der Waals surface area contributed by atoms with E-state index in [-0.39, 0.29) is 11.3 Å². The first-order valence-corrected chi connectivity index (χ1v) is 8.00. The molecule has 2 rings (SSSR count).